The van der Waals surface area contributed by atoms with Crippen molar-refractivity contribution in [2.45, 2.75) is 10.9 Å². The van der Waals surface area contributed by atoms with Crippen LogP contribution in [0.3, 0.4) is 0 Å². The molecule has 0 aliphatic carbocycles. The van der Waals surface area contributed by atoms with Gasteiger partial charge in [-0.15, -0.1) is 11.3 Å². The average Bonchev–Trinajstić information content (AvgIpc) is 2.69. The zero-order valence-corrected chi connectivity index (χ0v) is 15.7. The second-order valence-corrected chi connectivity index (χ2v) is 10.1. The molecule has 0 aliphatic heterocycles. The molecule has 0 amide bonds. The minimum Gasteiger partial charge on any atom is -0.309 e. The summed E-state index contributed by atoms with van der Waals surface area (Å²) in [5, 5.41) is 3.23. The molecule has 0 fully saturated rings. The molecule has 1 N–H and O–H groups in total. The normalized spacial score (nSPS) is 13.4. The Hall–Kier alpha value is -0.210. The third-order valence-electron chi connectivity index (χ3n) is 2.90. The van der Waals surface area contributed by atoms with E-state index in [1.807, 2.05) is 19.2 Å². The van der Waals surface area contributed by atoms with Crippen molar-refractivity contribution in [1.82, 2.24) is 5.32 Å². The van der Waals surface area contributed by atoms with E-state index in [0.717, 1.165) is 18.7 Å². The lowest BCUT2D eigenvalue weighted by Gasteiger charge is -2.17. The van der Waals surface area contributed by atoms with Gasteiger partial charge in [-0.25, -0.2) is 8.42 Å². The third kappa shape index (κ3) is 3.51. The Morgan fingerprint density at radius 2 is 1.95 bits per heavy atom. The minimum atomic E-state index is -3.20. The SMILES string of the molecule is CNC(c1cccc(S(C)(=O)=O)c1)c1cc(Br)sc1Br. The molecule has 0 bridgehead atoms. The lowest BCUT2D eigenvalue weighted by Crippen LogP contribution is -2.17. The van der Waals surface area contributed by atoms with Crippen LogP contribution >= 0.6 is 43.2 Å². The molecule has 1 aromatic heterocycles. The van der Waals surface area contributed by atoms with Crippen LogP contribution in [0.15, 0.2) is 42.8 Å². The van der Waals surface area contributed by atoms with Gasteiger partial charge in [0.05, 0.1) is 18.5 Å². The van der Waals surface area contributed by atoms with Crippen LogP contribution in [-0.4, -0.2) is 21.7 Å². The number of hydrogen-bond acceptors (Lipinski definition) is 4. The fourth-order valence-corrected chi connectivity index (χ4v) is 5.55. The van der Waals surface area contributed by atoms with Crippen LogP contribution in [0.1, 0.15) is 17.2 Å². The highest BCUT2D eigenvalue weighted by molar-refractivity contribution is 9.12. The Morgan fingerprint density at radius 1 is 1.25 bits per heavy atom. The molecule has 0 saturated carbocycles. The van der Waals surface area contributed by atoms with Gasteiger partial charge in [-0.05, 0) is 68.2 Å². The second kappa shape index (κ2) is 6.27. The number of sulfone groups is 1. The second-order valence-electron chi connectivity index (χ2n) is 4.35. The van der Waals surface area contributed by atoms with Crippen molar-refractivity contribution in [3.63, 3.8) is 0 Å². The van der Waals surface area contributed by atoms with Crippen molar-refractivity contribution in [2.75, 3.05) is 13.3 Å². The van der Waals surface area contributed by atoms with Crippen LogP contribution in [0.25, 0.3) is 0 Å². The van der Waals surface area contributed by atoms with Crippen molar-refractivity contribution in [1.29, 1.82) is 0 Å². The summed E-state index contributed by atoms with van der Waals surface area (Å²) < 4.78 is 25.4. The van der Waals surface area contributed by atoms with Gasteiger partial charge in [0.2, 0.25) is 0 Å². The van der Waals surface area contributed by atoms with Gasteiger partial charge in [-0.1, -0.05) is 12.1 Å². The molecule has 0 radical (unpaired) electrons. The van der Waals surface area contributed by atoms with Crippen LogP contribution in [0.4, 0.5) is 0 Å². The molecule has 108 valence electrons. The lowest BCUT2D eigenvalue weighted by atomic mass is 10.0. The lowest BCUT2D eigenvalue weighted by molar-refractivity contribution is 0.601. The van der Waals surface area contributed by atoms with Gasteiger partial charge >= 0.3 is 0 Å². The number of hydrogen-bond donors (Lipinski definition) is 1. The Bertz CT molecular complexity index is 726. The van der Waals surface area contributed by atoms with Crippen molar-refractivity contribution in [3.8, 4) is 0 Å². The molecular weight excluding hydrogens is 426 g/mol. The highest BCUT2D eigenvalue weighted by atomic mass is 79.9. The van der Waals surface area contributed by atoms with Crippen LogP contribution in [0.5, 0.6) is 0 Å². The highest BCUT2D eigenvalue weighted by Gasteiger charge is 2.19. The zero-order chi connectivity index (χ0) is 14.9. The summed E-state index contributed by atoms with van der Waals surface area (Å²) in [6, 6.07) is 9.00. The van der Waals surface area contributed by atoms with E-state index in [2.05, 4.69) is 37.2 Å². The summed E-state index contributed by atoms with van der Waals surface area (Å²) in [6.45, 7) is 0. The monoisotopic (exact) mass is 437 g/mol. The Balaban J connectivity index is 2.50. The Labute approximate surface area is 139 Å². The van der Waals surface area contributed by atoms with E-state index in [1.54, 1.807) is 29.5 Å². The molecule has 2 aromatic rings. The molecule has 0 aliphatic rings. The smallest absolute Gasteiger partial charge is 0.175 e. The van der Waals surface area contributed by atoms with E-state index >= 15 is 0 Å². The first-order valence-corrected chi connectivity index (χ1v) is 10.0. The molecule has 1 unspecified atom stereocenters. The first kappa shape index (κ1) is 16.2. The van der Waals surface area contributed by atoms with Gasteiger partial charge in [0.25, 0.3) is 0 Å². The van der Waals surface area contributed by atoms with Gasteiger partial charge in [0.1, 0.15) is 0 Å². The van der Waals surface area contributed by atoms with Crippen molar-refractivity contribution in [3.05, 3.63) is 49.0 Å². The van der Waals surface area contributed by atoms with Crippen molar-refractivity contribution < 1.29 is 8.42 Å². The molecule has 2 rings (SSSR count). The molecule has 1 atom stereocenters. The summed E-state index contributed by atoms with van der Waals surface area (Å²) in [5.74, 6) is 0. The molecule has 20 heavy (non-hydrogen) atoms. The number of benzene rings is 1. The van der Waals surface area contributed by atoms with Gasteiger partial charge in [0.15, 0.2) is 9.84 Å². The van der Waals surface area contributed by atoms with Crippen LogP contribution in [-0.2, 0) is 9.84 Å². The molecule has 7 heteroatoms. The van der Waals surface area contributed by atoms with Crippen LogP contribution in [0.2, 0.25) is 0 Å². The van der Waals surface area contributed by atoms with E-state index in [4.69, 9.17) is 0 Å². The Kier molecular flexibility index (Phi) is 5.07. The molecule has 0 saturated heterocycles. The predicted octanol–water partition coefficient (Wildman–Crippen LogP) is 3.99. The summed E-state index contributed by atoms with van der Waals surface area (Å²) in [6.07, 6.45) is 1.22. The fraction of sp³-hybridized carbons (Fsp3) is 0.231. The summed E-state index contributed by atoms with van der Waals surface area (Å²) >= 11 is 8.60. The summed E-state index contributed by atoms with van der Waals surface area (Å²) in [4.78, 5) is 0.334. The number of nitrogens with one attached hydrogen (secondary N) is 1. The van der Waals surface area contributed by atoms with E-state index < -0.39 is 9.84 Å². The van der Waals surface area contributed by atoms with E-state index in [0.29, 0.717) is 4.90 Å². The highest BCUT2D eigenvalue weighted by Crippen LogP contribution is 2.38. The maximum absolute atomic E-state index is 11.7. The Morgan fingerprint density at radius 3 is 2.45 bits per heavy atom. The number of thiophene rings is 1. The number of halogens is 2. The molecular formula is C13H13Br2NO2S2. The van der Waals surface area contributed by atoms with Gasteiger partial charge in [-0.2, -0.15) is 0 Å². The van der Waals surface area contributed by atoms with Crippen LogP contribution in [0, 0.1) is 0 Å². The van der Waals surface area contributed by atoms with Gasteiger partial charge < -0.3 is 5.32 Å². The number of rotatable bonds is 4. The molecule has 1 heterocycles. The van der Waals surface area contributed by atoms with Crippen molar-refractivity contribution in [2.24, 2.45) is 0 Å². The predicted molar refractivity (Wildman–Crippen MR) is 90.2 cm³/mol. The minimum absolute atomic E-state index is 0.0615. The molecule has 3 nitrogen and oxygen atoms in total. The van der Waals surface area contributed by atoms with Crippen LogP contribution < -0.4 is 5.32 Å². The largest absolute Gasteiger partial charge is 0.309 e. The van der Waals surface area contributed by atoms with Gasteiger partial charge in [0, 0.05) is 6.26 Å². The van der Waals surface area contributed by atoms with E-state index in [1.165, 1.54) is 6.26 Å². The van der Waals surface area contributed by atoms with Crippen molar-refractivity contribution >= 4 is 53.0 Å². The fourth-order valence-electron chi connectivity index (χ4n) is 1.98. The molecule has 0 spiro atoms. The van der Waals surface area contributed by atoms with Gasteiger partial charge in [-0.3, -0.25) is 0 Å². The zero-order valence-electron chi connectivity index (χ0n) is 10.9. The summed E-state index contributed by atoms with van der Waals surface area (Å²) in [5.41, 5.74) is 2.00. The average molecular weight is 439 g/mol. The maximum Gasteiger partial charge on any atom is 0.175 e. The first-order valence-electron chi connectivity index (χ1n) is 5.75. The maximum atomic E-state index is 11.7. The third-order valence-corrected chi connectivity index (χ3v) is 6.40. The summed E-state index contributed by atoms with van der Waals surface area (Å²) in [7, 11) is -1.34. The standard InChI is InChI=1S/C13H13Br2NO2S2/c1-16-12(10-7-11(14)19-13(10)15)8-4-3-5-9(6-8)20(2,17)18/h3-7,12,16H,1-2H3. The first-order chi connectivity index (χ1) is 9.32. The quantitative estimate of drug-likeness (QED) is 0.784. The van der Waals surface area contributed by atoms with E-state index in [9.17, 15) is 8.42 Å². The topological polar surface area (TPSA) is 46.2 Å². The van der Waals surface area contributed by atoms with E-state index in [-0.39, 0.29) is 6.04 Å². The molecule has 1 aromatic carbocycles.